The lowest BCUT2D eigenvalue weighted by molar-refractivity contribution is -0.130. The third kappa shape index (κ3) is 5.51. The van der Waals surface area contributed by atoms with E-state index < -0.39 is 12.1 Å². The van der Waals surface area contributed by atoms with Crippen molar-refractivity contribution in [1.82, 2.24) is 5.32 Å². The molecule has 0 bridgehead atoms. The number of hydrogen-bond donors (Lipinski definition) is 1. The van der Waals surface area contributed by atoms with Gasteiger partial charge in [-0.2, -0.15) is 0 Å². The Morgan fingerprint density at radius 1 is 1.30 bits per heavy atom. The summed E-state index contributed by atoms with van der Waals surface area (Å²) in [5, 5.41) is 3.24. The molecule has 3 atom stereocenters. The summed E-state index contributed by atoms with van der Waals surface area (Å²) in [7, 11) is 1.46. The summed E-state index contributed by atoms with van der Waals surface area (Å²) >= 11 is 6.19. The fourth-order valence-electron chi connectivity index (χ4n) is 3.23. The second-order valence-corrected chi connectivity index (χ2v) is 7.25. The minimum absolute atomic E-state index is 0.132. The smallest absolute Gasteiger partial charge is 0.339 e. The van der Waals surface area contributed by atoms with Gasteiger partial charge in [0.05, 0.1) is 24.3 Å². The Labute approximate surface area is 165 Å². The second kappa shape index (κ2) is 9.83. The van der Waals surface area contributed by atoms with Gasteiger partial charge < -0.3 is 19.5 Å². The number of ether oxygens (including phenoxy) is 3. The number of methoxy groups -OCH3 is 1. The first kappa shape index (κ1) is 21.4. The number of amides is 1. The molecule has 0 unspecified atom stereocenters. The maximum Gasteiger partial charge on any atom is 0.339 e. The van der Waals surface area contributed by atoms with Gasteiger partial charge in [-0.15, -0.1) is 0 Å². The van der Waals surface area contributed by atoms with E-state index in [2.05, 4.69) is 12.2 Å². The molecule has 1 aliphatic rings. The van der Waals surface area contributed by atoms with Crippen molar-refractivity contribution in [1.29, 1.82) is 0 Å². The number of nitrogens with one attached hydrogen (secondary N) is 1. The van der Waals surface area contributed by atoms with Crippen molar-refractivity contribution >= 4 is 23.5 Å². The molecule has 6 nitrogen and oxygen atoms in total. The predicted octanol–water partition coefficient (Wildman–Crippen LogP) is 3.99. The highest BCUT2D eigenvalue weighted by Crippen LogP contribution is 2.36. The molecule has 0 radical (unpaired) electrons. The fraction of sp³-hybridized carbons (Fsp3) is 0.600. The lowest BCUT2D eigenvalue weighted by atomic mass is 9.86. The molecule has 1 aliphatic carbocycles. The van der Waals surface area contributed by atoms with E-state index in [4.69, 9.17) is 25.8 Å². The maximum atomic E-state index is 12.4. The highest BCUT2D eigenvalue weighted by atomic mass is 35.5. The van der Waals surface area contributed by atoms with Crippen LogP contribution in [-0.2, 0) is 9.53 Å². The van der Waals surface area contributed by atoms with Crippen LogP contribution in [0.25, 0.3) is 0 Å². The molecule has 1 N–H and O–H groups in total. The number of hydrogen-bond acceptors (Lipinski definition) is 5. The van der Waals surface area contributed by atoms with Crippen molar-refractivity contribution in [2.24, 2.45) is 5.92 Å². The molecule has 1 amide bonds. The number of halogens is 1. The van der Waals surface area contributed by atoms with Crippen LogP contribution in [0.5, 0.6) is 11.5 Å². The summed E-state index contributed by atoms with van der Waals surface area (Å²) in [6, 6.07) is 3.07. The van der Waals surface area contributed by atoms with Crippen molar-refractivity contribution in [3.63, 3.8) is 0 Å². The minimum atomic E-state index is -0.900. The average molecular weight is 398 g/mol. The number of benzene rings is 1. The van der Waals surface area contributed by atoms with Crippen LogP contribution in [0.15, 0.2) is 12.1 Å². The minimum Gasteiger partial charge on any atom is -0.493 e. The number of carbonyl (C=O) groups excluding carboxylic acids is 2. The zero-order valence-corrected chi connectivity index (χ0v) is 17.1. The first-order chi connectivity index (χ1) is 12.9. The zero-order chi connectivity index (χ0) is 20.0. The van der Waals surface area contributed by atoms with E-state index in [0.717, 1.165) is 19.3 Å². The van der Waals surface area contributed by atoms with Crippen molar-refractivity contribution in [2.75, 3.05) is 13.7 Å². The number of esters is 1. The number of rotatable bonds is 7. The fourth-order valence-corrected chi connectivity index (χ4v) is 3.50. The van der Waals surface area contributed by atoms with E-state index in [0.29, 0.717) is 24.0 Å². The van der Waals surface area contributed by atoms with E-state index in [9.17, 15) is 9.59 Å². The molecule has 150 valence electrons. The molecule has 0 aromatic heterocycles. The van der Waals surface area contributed by atoms with Crippen molar-refractivity contribution in [3.8, 4) is 11.5 Å². The normalized spacial score (nSPS) is 20.5. The molecule has 0 saturated heterocycles. The molecule has 2 rings (SSSR count). The topological polar surface area (TPSA) is 73.9 Å². The van der Waals surface area contributed by atoms with Gasteiger partial charge in [-0.05, 0) is 44.7 Å². The lowest BCUT2D eigenvalue weighted by Gasteiger charge is -2.30. The molecule has 0 heterocycles. The highest BCUT2D eigenvalue weighted by molar-refractivity contribution is 6.32. The summed E-state index contributed by atoms with van der Waals surface area (Å²) in [4.78, 5) is 24.8. The van der Waals surface area contributed by atoms with Gasteiger partial charge in [0.25, 0.3) is 5.91 Å². The van der Waals surface area contributed by atoms with Crippen LogP contribution in [0.4, 0.5) is 0 Å². The summed E-state index contributed by atoms with van der Waals surface area (Å²) < 4.78 is 16.0. The molecule has 1 fully saturated rings. The van der Waals surface area contributed by atoms with Gasteiger partial charge in [0, 0.05) is 6.04 Å². The van der Waals surface area contributed by atoms with Gasteiger partial charge in [0.2, 0.25) is 0 Å². The molecule has 1 saturated carbocycles. The van der Waals surface area contributed by atoms with Crippen LogP contribution in [0, 0.1) is 5.92 Å². The molecular formula is C20H28ClNO5. The van der Waals surface area contributed by atoms with Crippen LogP contribution < -0.4 is 14.8 Å². The Hall–Kier alpha value is -1.95. The van der Waals surface area contributed by atoms with E-state index in [1.54, 1.807) is 6.92 Å². The van der Waals surface area contributed by atoms with Gasteiger partial charge >= 0.3 is 5.97 Å². The summed E-state index contributed by atoms with van der Waals surface area (Å²) in [5.41, 5.74) is 0.200. The van der Waals surface area contributed by atoms with Crippen molar-refractivity contribution < 1.29 is 23.8 Å². The number of carbonyl (C=O) groups is 2. The van der Waals surface area contributed by atoms with Crippen LogP contribution in [-0.4, -0.2) is 37.7 Å². The van der Waals surface area contributed by atoms with Gasteiger partial charge in [-0.3, -0.25) is 4.79 Å². The summed E-state index contributed by atoms with van der Waals surface area (Å²) in [5.74, 6) is 0.211. The highest BCUT2D eigenvalue weighted by Gasteiger charge is 2.27. The van der Waals surface area contributed by atoms with Crippen LogP contribution in [0.3, 0.4) is 0 Å². The average Bonchev–Trinajstić information content (AvgIpc) is 2.64. The first-order valence-electron chi connectivity index (χ1n) is 9.39. The monoisotopic (exact) mass is 397 g/mol. The summed E-state index contributed by atoms with van der Waals surface area (Å²) in [6.45, 7) is 5.94. The summed E-state index contributed by atoms with van der Waals surface area (Å²) in [6.07, 6.45) is 3.46. The predicted molar refractivity (Wildman–Crippen MR) is 104 cm³/mol. The molecule has 0 spiro atoms. The van der Waals surface area contributed by atoms with E-state index in [1.807, 2.05) is 6.92 Å². The third-order valence-electron chi connectivity index (χ3n) is 4.85. The molecule has 0 aliphatic heterocycles. The maximum absolute atomic E-state index is 12.4. The standard InChI is InChI=1S/C20H28ClNO5/c1-5-26-18-15(21)10-14(11-17(18)25-4)20(24)27-13(3)19(23)22-16-9-7-6-8-12(16)2/h10-13,16H,5-9H2,1-4H3,(H,22,23)/t12-,13+,16-/m0/s1. The SMILES string of the molecule is CCOc1c(Cl)cc(C(=O)O[C@H](C)C(=O)N[C@H]2CCCC[C@@H]2C)cc1OC. The van der Waals surface area contributed by atoms with Gasteiger partial charge in [0.15, 0.2) is 17.6 Å². The molecule has 27 heavy (non-hydrogen) atoms. The molecule has 1 aromatic carbocycles. The molecular weight excluding hydrogens is 370 g/mol. The Morgan fingerprint density at radius 3 is 2.63 bits per heavy atom. The van der Waals surface area contributed by atoms with Crippen LogP contribution in [0.2, 0.25) is 5.02 Å². The van der Waals surface area contributed by atoms with Crippen molar-refractivity contribution in [3.05, 3.63) is 22.7 Å². The van der Waals surface area contributed by atoms with E-state index >= 15 is 0 Å². The first-order valence-corrected chi connectivity index (χ1v) is 9.76. The second-order valence-electron chi connectivity index (χ2n) is 6.85. The van der Waals surface area contributed by atoms with Crippen molar-refractivity contribution in [2.45, 2.75) is 58.6 Å². The van der Waals surface area contributed by atoms with E-state index in [-0.39, 0.29) is 22.5 Å². The van der Waals surface area contributed by atoms with Crippen LogP contribution >= 0.6 is 11.6 Å². The van der Waals surface area contributed by atoms with Gasteiger partial charge in [-0.1, -0.05) is 31.4 Å². The Kier molecular flexibility index (Phi) is 7.78. The lowest BCUT2D eigenvalue weighted by Crippen LogP contribution is -2.45. The third-order valence-corrected chi connectivity index (χ3v) is 5.13. The Balaban J connectivity index is 2.03. The quantitative estimate of drug-likeness (QED) is 0.704. The Bertz CT molecular complexity index is 679. The van der Waals surface area contributed by atoms with E-state index in [1.165, 1.54) is 25.7 Å². The Morgan fingerprint density at radius 2 is 2.00 bits per heavy atom. The zero-order valence-electron chi connectivity index (χ0n) is 16.3. The molecule has 7 heteroatoms. The van der Waals surface area contributed by atoms with Gasteiger partial charge in [-0.25, -0.2) is 4.79 Å². The molecule has 1 aromatic rings. The largest absolute Gasteiger partial charge is 0.493 e. The van der Waals surface area contributed by atoms with Gasteiger partial charge in [0.1, 0.15) is 0 Å². The van der Waals surface area contributed by atoms with Crippen LogP contribution in [0.1, 0.15) is 56.8 Å².